The zero-order valence-electron chi connectivity index (χ0n) is 16.6. The molecule has 3 atom stereocenters. The van der Waals surface area contributed by atoms with Crippen molar-refractivity contribution in [1.29, 1.82) is 0 Å². The molecule has 2 rings (SSSR count). The van der Waals surface area contributed by atoms with Gasteiger partial charge in [-0.2, -0.15) is 0 Å². The lowest BCUT2D eigenvalue weighted by Gasteiger charge is -2.37. The van der Waals surface area contributed by atoms with Gasteiger partial charge in [-0.15, -0.1) is 0 Å². The molecule has 1 N–H and O–H groups in total. The number of hydrogen-bond donors (Lipinski definition) is 1. The second-order valence-corrected chi connectivity index (χ2v) is 7.63. The van der Waals surface area contributed by atoms with E-state index in [9.17, 15) is 4.79 Å². The zero-order chi connectivity index (χ0) is 18.6. The fourth-order valence-electron chi connectivity index (χ4n) is 3.73. The summed E-state index contributed by atoms with van der Waals surface area (Å²) in [5.41, 5.74) is 2.19. The SMILES string of the molecule is CCC(C)Oc1c(C)cc(NC(=O)C2(OC)CCCC(C)C2)cc1C. The average Bonchev–Trinajstić information content (AvgIpc) is 2.57. The third kappa shape index (κ3) is 4.55. The molecular weight excluding hydrogens is 314 g/mol. The maximum Gasteiger partial charge on any atom is 0.256 e. The quantitative estimate of drug-likeness (QED) is 0.786. The van der Waals surface area contributed by atoms with Gasteiger partial charge in [-0.25, -0.2) is 0 Å². The van der Waals surface area contributed by atoms with E-state index in [2.05, 4.69) is 26.1 Å². The molecule has 3 unspecified atom stereocenters. The lowest BCUT2D eigenvalue weighted by atomic mass is 9.78. The van der Waals surface area contributed by atoms with Crippen LogP contribution in [-0.2, 0) is 9.53 Å². The van der Waals surface area contributed by atoms with Crippen molar-refractivity contribution in [1.82, 2.24) is 0 Å². The molecule has 1 aliphatic rings. The normalized spacial score (nSPS) is 24.6. The number of hydrogen-bond acceptors (Lipinski definition) is 3. The second-order valence-electron chi connectivity index (χ2n) is 7.63. The first-order valence-electron chi connectivity index (χ1n) is 9.45. The predicted octanol–water partition coefficient (Wildman–Crippen LogP) is 5.01. The number of benzene rings is 1. The summed E-state index contributed by atoms with van der Waals surface area (Å²) in [6.45, 7) is 10.4. The molecule has 0 aromatic heterocycles. The van der Waals surface area contributed by atoms with E-state index in [0.717, 1.165) is 54.7 Å². The van der Waals surface area contributed by atoms with Crippen molar-refractivity contribution in [3.05, 3.63) is 23.3 Å². The van der Waals surface area contributed by atoms with Crippen molar-refractivity contribution < 1.29 is 14.3 Å². The molecule has 0 heterocycles. The number of nitrogens with one attached hydrogen (secondary N) is 1. The van der Waals surface area contributed by atoms with Crippen LogP contribution in [-0.4, -0.2) is 24.7 Å². The first-order valence-corrected chi connectivity index (χ1v) is 9.45. The number of rotatable bonds is 6. The summed E-state index contributed by atoms with van der Waals surface area (Å²) in [6, 6.07) is 3.97. The Kier molecular flexibility index (Phi) is 6.50. The van der Waals surface area contributed by atoms with Crippen molar-refractivity contribution >= 4 is 11.6 Å². The second kappa shape index (κ2) is 8.22. The van der Waals surface area contributed by atoms with Crippen molar-refractivity contribution in [2.45, 2.75) is 78.4 Å². The van der Waals surface area contributed by atoms with Gasteiger partial charge < -0.3 is 14.8 Å². The minimum absolute atomic E-state index is 0.0315. The van der Waals surface area contributed by atoms with Gasteiger partial charge in [0.2, 0.25) is 0 Å². The first kappa shape index (κ1) is 19.8. The van der Waals surface area contributed by atoms with E-state index in [1.54, 1.807) is 7.11 Å². The molecular formula is C21H33NO3. The molecule has 4 nitrogen and oxygen atoms in total. The standard InChI is InChI=1S/C21H33NO3/c1-7-17(5)25-19-15(3)11-18(12-16(19)4)22-20(23)21(24-6)10-8-9-14(2)13-21/h11-12,14,17H,7-10,13H2,1-6H3,(H,22,23). The van der Waals surface area contributed by atoms with Crippen LogP contribution in [0.2, 0.25) is 0 Å². The number of aryl methyl sites for hydroxylation is 2. The van der Waals surface area contributed by atoms with Crippen LogP contribution in [0.5, 0.6) is 5.75 Å². The fourth-order valence-corrected chi connectivity index (χ4v) is 3.73. The topological polar surface area (TPSA) is 47.6 Å². The molecule has 1 saturated carbocycles. The van der Waals surface area contributed by atoms with Gasteiger partial charge in [0, 0.05) is 12.8 Å². The largest absolute Gasteiger partial charge is 0.490 e. The third-order valence-corrected chi connectivity index (χ3v) is 5.37. The van der Waals surface area contributed by atoms with Crippen LogP contribution in [0, 0.1) is 19.8 Å². The highest BCUT2D eigenvalue weighted by atomic mass is 16.5. The van der Waals surface area contributed by atoms with E-state index in [1.165, 1.54) is 0 Å². The number of anilines is 1. The summed E-state index contributed by atoms with van der Waals surface area (Å²) < 4.78 is 11.7. The van der Waals surface area contributed by atoms with E-state index in [-0.39, 0.29) is 12.0 Å². The monoisotopic (exact) mass is 347 g/mol. The molecule has 1 amide bonds. The van der Waals surface area contributed by atoms with Crippen LogP contribution in [0.4, 0.5) is 5.69 Å². The molecule has 0 bridgehead atoms. The fraction of sp³-hybridized carbons (Fsp3) is 0.667. The molecule has 1 aromatic rings. The van der Waals surface area contributed by atoms with Gasteiger partial charge >= 0.3 is 0 Å². The Bertz CT molecular complexity index is 590. The van der Waals surface area contributed by atoms with Crippen LogP contribution in [0.15, 0.2) is 12.1 Å². The minimum atomic E-state index is -0.703. The molecule has 1 aliphatic carbocycles. The molecule has 25 heavy (non-hydrogen) atoms. The Morgan fingerprint density at radius 3 is 2.52 bits per heavy atom. The van der Waals surface area contributed by atoms with E-state index in [1.807, 2.05) is 26.0 Å². The van der Waals surface area contributed by atoms with Crippen molar-refractivity contribution in [2.75, 3.05) is 12.4 Å². The molecule has 1 aromatic carbocycles. The molecule has 140 valence electrons. The molecule has 4 heteroatoms. The van der Waals surface area contributed by atoms with Crippen molar-refractivity contribution in [2.24, 2.45) is 5.92 Å². The summed E-state index contributed by atoms with van der Waals surface area (Å²) >= 11 is 0. The molecule has 0 radical (unpaired) electrons. The lowest BCUT2D eigenvalue weighted by Crippen LogP contribution is -2.47. The Hall–Kier alpha value is -1.55. The highest BCUT2D eigenvalue weighted by molar-refractivity contribution is 5.97. The maximum atomic E-state index is 12.9. The van der Waals surface area contributed by atoms with Crippen LogP contribution in [0.3, 0.4) is 0 Å². The highest BCUT2D eigenvalue weighted by Crippen LogP contribution is 2.36. The van der Waals surface area contributed by atoms with Crippen molar-refractivity contribution in [3.8, 4) is 5.75 Å². The lowest BCUT2D eigenvalue weighted by molar-refractivity contribution is -0.143. The summed E-state index contributed by atoms with van der Waals surface area (Å²) in [7, 11) is 1.65. The average molecular weight is 347 g/mol. The van der Waals surface area contributed by atoms with E-state index in [4.69, 9.17) is 9.47 Å². The Labute approximate surface area is 152 Å². The van der Waals surface area contributed by atoms with Gasteiger partial charge in [0.1, 0.15) is 11.4 Å². The smallest absolute Gasteiger partial charge is 0.256 e. The predicted molar refractivity (Wildman–Crippen MR) is 102 cm³/mol. The molecule has 0 saturated heterocycles. The van der Waals surface area contributed by atoms with Gasteiger partial charge in [-0.05, 0) is 75.6 Å². The van der Waals surface area contributed by atoms with E-state index >= 15 is 0 Å². The number of ether oxygens (including phenoxy) is 2. The summed E-state index contributed by atoms with van der Waals surface area (Å²) in [5, 5.41) is 3.08. The number of amides is 1. The Morgan fingerprint density at radius 1 is 1.36 bits per heavy atom. The van der Waals surface area contributed by atoms with Gasteiger partial charge in [0.15, 0.2) is 0 Å². The van der Waals surface area contributed by atoms with Crippen LogP contribution in [0.1, 0.15) is 64.0 Å². The molecule has 1 fully saturated rings. The number of carbonyl (C=O) groups is 1. The Morgan fingerprint density at radius 2 is 2.00 bits per heavy atom. The van der Waals surface area contributed by atoms with Gasteiger partial charge in [0.25, 0.3) is 5.91 Å². The van der Waals surface area contributed by atoms with Crippen LogP contribution in [0.25, 0.3) is 0 Å². The van der Waals surface area contributed by atoms with Crippen LogP contribution < -0.4 is 10.1 Å². The van der Waals surface area contributed by atoms with Gasteiger partial charge in [-0.3, -0.25) is 4.79 Å². The van der Waals surface area contributed by atoms with E-state index < -0.39 is 5.60 Å². The number of methoxy groups -OCH3 is 1. The van der Waals surface area contributed by atoms with Crippen molar-refractivity contribution in [3.63, 3.8) is 0 Å². The minimum Gasteiger partial charge on any atom is -0.490 e. The van der Waals surface area contributed by atoms with Crippen LogP contribution >= 0.6 is 0 Å². The number of carbonyl (C=O) groups excluding carboxylic acids is 1. The summed E-state index contributed by atoms with van der Waals surface area (Å²) in [5.74, 6) is 1.39. The Balaban J connectivity index is 2.18. The molecule has 0 aliphatic heterocycles. The maximum absolute atomic E-state index is 12.9. The molecule has 0 spiro atoms. The third-order valence-electron chi connectivity index (χ3n) is 5.37. The zero-order valence-corrected chi connectivity index (χ0v) is 16.6. The highest BCUT2D eigenvalue weighted by Gasteiger charge is 2.42. The summed E-state index contributed by atoms with van der Waals surface area (Å²) in [6.07, 6.45) is 4.90. The van der Waals surface area contributed by atoms with Gasteiger partial charge in [0.05, 0.1) is 6.10 Å². The van der Waals surface area contributed by atoms with E-state index in [0.29, 0.717) is 5.92 Å². The first-order chi connectivity index (χ1) is 11.8. The summed E-state index contributed by atoms with van der Waals surface area (Å²) in [4.78, 5) is 12.9. The van der Waals surface area contributed by atoms with Gasteiger partial charge in [-0.1, -0.05) is 20.3 Å².